The molecule has 0 aliphatic heterocycles. The van der Waals surface area contributed by atoms with Crippen LogP contribution in [0, 0.1) is 0 Å². The molecule has 0 aromatic carbocycles. The Morgan fingerprint density at radius 2 is 1.64 bits per heavy atom. The second-order valence-electron chi connectivity index (χ2n) is 2.63. The van der Waals surface area contributed by atoms with Crippen molar-refractivity contribution in [1.82, 2.24) is 0 Å². The molecule has 0 atom stereocenters. The van der Waals surface area contributed by atoms with E-state index in [2.05, 4.69) is 0 Å². The van der Waals surface area contributed by atoms with Gasteiger partial charge in [-0.1, -0.05) is 0 Å². The van der Waals surface area contributed by atoms with E-state index in [0.29, 0.717) is 12.8 Å². The topological polar surface area (TPSA) is 20.2 Å². The van der Waals surface area contributed by atoms with Crippen molar-refractivity contribution in [1.29, 1.82) is 0 Å². The van der Waals surface area contributed by atoms with Crippen molar-refractivity contribution >= 4 is 0 Å². The Kier molecular flexibility index (Phi) is 2.11. The largest absolute Gasteiger partial charge is 0.512 e. The summed E-state index contributed by atoms with van der Waals surface area (Å²) in [5.74, 6) is -0.469. The summed E-state index contributed by atoms with van der Waals surface area (Å²) in [6.45, 7) is 0. The molecule has 1 aliphatic rings. The average molecular weight is 166 g/mol. The van der Waals surface area contributed by atoms with Gasteiger partial charge in [0, 0.05) is 6.42 Å². The van der Waals surface area contributed by atoms with Gasteiger partial charge in [-0.15, -0.1) is 0 Å². The number of allylic oxidation sites excluding steroid dienone is 2. The van der Waals surface area contributed by atoms with E-state index in [-0.39, 0.29) is 12.8 Å². The van der Waals surface area contributed by atoms with Crippen LogP contribution in [0.25, 0.3) is 0 Å². The molecule has 0 bridgehead atoms. The van der Waals surface area contributed by atoms with Gasteiger partial charge in [0.1, 0.15) is 5.76 Å². The summed E-state index contributed by atoms with van der Waals surface area (Å²) < 4.78 is 35.9. The second kappa shape index (κ2) is 2.75. The fourth-order valence-corrected chi connectivity index (χ4v) is 1.19. The molecule has 1 rings (SSSR count). The third kappa shape index (κ3) is 1.88. The molecule has 1 aliphatic carbocycles. The van der Waals surface area contributed by atoms with Gasteiger partial charge in [-0.05, 0) is 19.3 Å². The van der Waals surface area contributed by atoms with E-state index in [1.54, 1.807) is 0 Å². The number of hydrogen-bond acceptors (Lipinski definition) is 1. The van der Waals surface area contributed by atoms with Gasteiger partial charge in [0.2, 0.25) is 0 Å². The average Bonchev–Trinajstić information content (AvgIpc) is 1.86. The Labute approximate surface area is 62.5 Å². The molecular formula is C7H9F3O. The summed E-state index contributed by atoms with van der Waals surface area (Å²) in [5.41, 5.74) is -0.733. The second-order valence-corrected chi connectivity index (χ2v) is 2.63. The first-order valence-corrected chi connectivity index (χ1v) is 3.50. The van der Waals surface area contributed by atoms with E-state index >= 15 is 0 Å². The van der Waals surface area contributed by atoms with Crippen LogP contribution in [-0.4, -0.2) is 11.3 Å². The van der Waals surface area contributed by atoms with Gasteiger partial charge >= 0.3 is 6.18 Å². The van der Waals surface area contributed by atoms with Crippen LogP contribution in [0.2, 0.25) is 0 Å². The number of alkyl halides is 3. The Bertz CT molecular complexity index is 181. The first-order valence-electron chi connectivity index (χ1n) is 3.50. The number of aliphatic hydroxyl groups is 1. The molecule has 0 aromatic rings. The molecule has 0 radical (unpaired) electrons. The molecule has 4 heteroatoms. The van der Waals surface area contributed by atoms with Gasteiger partial charge in [-0.3, -0.25) is 0 Å². The first-order chi connectivity index (χ1) is 5.02. The number of aliphatic hydroxyl groups excluding tert-OH is 1. The molecule has 0 amide bonds. The zero-order valence-electron chi connectivity index (χ0n) is 5.91. The first kappa shape index (κ1) is 8.43. The van der Waals surface area contributed by atoms with Crippen LogP contribution in [0.1, 0.15) is 25.7 Å². The maximum absolute atomic E-state index is 12.0. The lowest BCUT2D eigenvalue weighted by Crippen LogP contribution is -2.16. The van der Waals surface area contributed by atoms with Crippen molar-refractivity contribution in [3.05, 3.63) is 11.3 Å². The zero-order chi connectivity index (χ0) is 8.48. The molecule has 11 heavy (non-hydrogen) atoms. The predicted octanol–water partition coefficient (Wildman–Crippen LogP) is 2.93. The van der Waals surface area contributed by atoms with Crippen molar-refractivity contribution in [3.8, 4) is 0 Å². The van der Waals surface area contributed by atoms with Crippen LogP contribution in [0.5, 0.6) is 0 Å². The summed E-state index contributed by atoms with van der Waals surface area (Å²) in [5, 5.41) is 8.86. The maximum atomic E-state index is 12.0. The lowest BCUT2D eigenvalue weighted by atomic mass is 9.97. The molecule has 0 saturated heterocycles. The number of hydrogen-bond donors (Lipinski definition) is 1. The third-order valence-corrected chi connectivity index (χ3v) is 1.78. The third-order valence-electron chi connectivity index (χ3n) is 1.78. The molecular weight excluding hydrogens is 157 g/mol. The molecule has 1 N–H and O–H groups in total. The Morgan fingerprint density at radius 3 is 2.00 bits per heavy atom. The van der Waals surface area contributed by atoms with Crippen LogP contribution in [-0.2, 0) is 0 Å². The Hall–Kier alpha value is -0.670. The Morgan fingerprint density at radius 1 is 1.09 bits per heavy atom. The van der Waals surface area contributed by atoms with Crippen LogP contribution >= 0.6 is 0 Å². The number of halogens is 3. The molecule has 0 saturated carbocycles. The monoisotopic (exact) mass is 166 g/mol. The van der Waals surface area contributed by atoms with Crippen LogP contribution < -0.4 is 0 Å². The standard InChI is InChI=1S/C7H9F3O/c8-7(9,10)5-3-1-2-4-6(5)11/h11H,1-4H2. The van der Waals surface area contributed by atoms with Crippen molar-refractivity contribution in [2.75, 3.05) is 0 Å². The highest BCUT2D eigenvalue weighted by atomic mass is 19.4. The van der Waals surface area contributed by atoms with E-state index in [1.165, 1.54) is 0 Å². The van der Waals surface area contributed by atoms with Gasteiger partial charge in [-0.2, -0.15) is 13.2 Å². The van der Waals surface area contributed by atoms with Gasteiger partial charge in [-0.25, -0.2) is 0 Å². The highest BCUT2D eigenvalue weighted by Crippen LogP contribution is 2.35. The van der Waals surface area contributed by atoms with E-state index in [9.17, 15) is 13.2 Å². The summed E-state index contributed by atoms with van der Waals surface area (Å²) in [7, 11) is 0. The quantitative estimate of drug-likeness (QED) is 0.586. The van der Waals surface area contributed by atoms with Crippen molar-refractivity contribution < 1.29 is 18.3 Å². The maximum Gasteiger partial charge on any atom is 0.415 e. The van der Waals surface area contributed by atoms with E-state index in [0.717, 1.165) is 0 Å². The molecule has 0 heterocycles. The summed E-state index contributed by atoms with van der Waals surface area (Å²) in [4.78, 5) is 0. The molecule has 64 valence electrons. The summed E-state index contributed by atoms with van der Waals surface area (Å²) >= 11 is 0. The zero-order valence-corrected chi connectivity index (χ0v) is 5.91. The van der Waals surface area contributed by atoms with Crippen LogP contribution in [0.4, 0.5) is 13.2 Å². The van der Waals surface area contributed by atoms with Crippen molar-refractivity contribution in [3.63, 3.8) is 0 Å². The summed E-state index contributed by atoms with van der Waals surface area (Å²) in [6.07, 6.45) is -3.00. The van der Waals surface area contributed by atoms with Gasteiger partial charge in [0.25, 0.3) is 0 Å². The van der Waals surface area contributed by atoms with Crippen molar-refractivity contribution in [2.45, 2.75) is 31.9 Å². The summed E-state index contributed by atoms with van der Waals surface area (Å²) in [6, 6.07) is 0. The lowest BCUT2D eigenvalue weighted by Gasteiger charge is -2.17. The van der Waals surface area contributed by atoms with Gasteiger partial charge in [0.15, 0.2) is 0 Å². The van der Waals surface area contributed by atoms with E-state index in [4.69, 9.17) is 5.11 Å². The fourth-order valence-electron chi connectivity index (χ4n) is 1.19. The van der Waals surface area contributed by atoms with Gasteiger partial charge in [0.05, 0.1) is 5.57 Å². The fraction of sp³-hybridized carbons (Fsp3) is 0.714. The molecule has 0 aromatic heterocycles. The van der Waals surface area contributed by atoms with E-state index < -0.39 is 17.5 Å². The normalized spacial score (nSPS) is 20.6. The molecule has 0 fully saturated rings. The molecule has 0 unspecified atom stereocenters. The Balaban J connectivity index is 2.83. The van der Waals surface area contributed by atoms with Crippen LogP contribution in [0.3, 0.4) is 0 Å². The number of rotatable bonds is 0. The van der Waals surface area contributed by atoms with Crippen LogP contribution in [0.15, 0.2) is 11.3 Å². The minimum absolute atomic E-state index is 0.0324. The van der Waals surface area contributed by atoms with Gasteiger partial charge < -0.3 is 5.11 Å². The minimum Gasteiger partial charge on any atom is -0.512 e. The van der Waals surface area contributed by atoms with Crippen molar-refractivity contribution in [2.24, 2.45) is 0 Å². The van der Waals surface area contributed by atoms with E-state index in [1.807, 2.05) is 0 Å². The smallest absolute Gasteiger partial charge is 0.415 e. The SMILES string of the molecule is OC1=C(C(F)(F)F)CCCC1. The lowest BCUT2D eigenvalue weighted by molar-refractivity contribution is -0.0982. The molecule has 1 nitrogen and oxygen atoms in total. The highest BCUT2D eigenvalue weighted by Gasteiger charge is 2.37. The highest BCUT2D eigenvalue weighted by molar-refractivity contribution is 5.15. The molecule has 0 spiro atoms. The minimum atomic E-state index is -4.33. The predicted molar refractivity (Wildman–Crippen MR) is 34.2 cm³/mol.